The largest absolute Gasteiger partial charge is 0.342 e. The summed E-state index contributed by atoms with van der Waals surface area (Å²) in [6.45, 7) is 9.24. The molecule has 3 N–H and O–H groups in total. The molecule has 0 aliphatic carbocycles. The second kappa shape index (κ2) is 8.81. The van der Waals surface area contributed by atoms with Crippen molar-refractivity contribution in [2.45, 2.75) is 40.0 Å². The summed E-state index contributed by atoms with van der Waals surface area (Å²) in [5.74, 6) is 6.26. The average molecular weight is 200 g/mol. The van der Waals surface area contributed by atoms with Gasteiger partial charge in [-0.15, -0.1) is 0 Å². The smallest absolute Gasteiger partial charge is 0.208 e. The van der Waals surface area contributed by atoms with Crippen molar-refractivity contribution in [1.82, 2.24) is 10.3 Å². The standard InChI is InChI=1S/C10H24N4/c1-4-7-8-12-10(13-11)14(6-3)9-5-2/h4-9,11H2,1-3H3,(H,12,13). The molecule has 0 aliphatic heterocycles. The van der Waals surface area contributed by atoms with E-state index in [0.717, 1.165) is 38.4 Å². The van der Waals surface area contributed by atoms with Crippen LogP contribution in [0.25, 0.3) is 0 Å². The lowest BCUT2D eigenvalue weighted by atomic mass is 10.3. The Hall–Kier alpha value is -0.770. The zero-order chi connectivity index (χ0) is 10.8. The van der Waals surface area contributed by atoms with Crippen molar-refractivity contribution in [2.24, 2.45) is 10.8 Å². The molecule has 0 amide bonds. The number of nitrogens with two attached hydrogens (primary N) is 1. The molecule has 0 rings (SSSR count). The first kappa shape index (κ1) is 13.2. The number of hydrazine groups is 1. The molecular formula is C10H24N4. The van der Waals surface area contributed by atoms with Crippen molar-refractivity contribution in [3.63, 3.8) is 0 Å². The first-order valence-corrected chi connectivity index (χ1v) is 5.56. The van der Waals surface area contributed by atoms with Gasteiger partial charge in [0.15, 0.2) is 0 Å². The molecular weight excluding hydrogens is 176 g/mol. The van der Waals surface area contributed by atoms with Crippen LogP contribution >= 0.6 is 0 Å². The van der Waals surface area contributed by atoms with E-state index in [4.69, 9.17) is 5.84 Å². The Balaban J connectivity index is 4.11. The number of nitrogens with one attached hydrogen (secondary N) is 1. The van der Waals surface area contributed by atoms with E-state index in [1.54, 1.807) is 0 Å². The predicted octanol–water partition coefficient (Wildman–Crippen LogP) is 1.34. The summed E-state index contributed by atoms with van der Waals surface area (Å²) in [6, 6.07) is 0. The number of nitrogens with zero attached hydrogens (tertiary/aromatic N) is 2. The third-order valence-electron chi connectivity index (χ3n) is 2.08. The van der Waals surface area contributed by atoms with Crippen molar-refractivity contribution in [3.8, 4) is 0 Å². The third-order valence-corrected chi connectivity index (χ3v) is 2.08. The second-order valence-corrected chi connectivity index (χ2v) is 3.28. The van der Waals surface area contributed by atoms with Gasteiger partial charge in [-0.2, -0.15) is 0 Å². The van der Waals surface area contributed by atoms with Gasteiger partial charge >= 0.3 is 0 Å². The fraction of sp³-hybridized carbons (Fsp3) is 0.900. The van der Waals surface area contributed by atoms with Gasteiger partial charge in [0.25, 0.3) is 0 Å². The number of rotatable bonds is 6. The number of hydrogen-bond acceptors (Lipinski definition) is 2. The highest BCUT2D eigenvalue weighted by Crippen LogP contribution is 1.94. The SMILES string of the molecule is CCCCN=C(NN)N(CC)CCC. The minimum absolute atomic E-state index is 0.822. The van der Waals surface area contributed by atoms with Crippen molar-refractivity contribution in [1.29, 1.82) is 0 Å². The zero-order valence-corrected chi connectivity index (χ0v) is 9.71. The summed E-state index contributed by atoms with van der Waals surface area (Å²) in [5.41, 5.74) is 2.67. The van der Waals surface area contributed by atoms with Crippen LogP contribution in [0.15, 0.2) is 4.99 Å². The normalized spacial score (nSPS) is 11.6. The van der Waals surface area contributed by atoms with E-state index in [1.807, 2.05) is 0 Å². The Morgan fingerprint density at radius 1 is 1.29 bits per heavy atom. The van der Waals surface area contributed by atoms with Crippen LogP contribution in [0.3, 0.4) is 0 Å². The molecule has 0 aromatic rings. The van der Waals surface area contributed by atoms with Crippen LogP contribution in [0.5, 0.6) is 0 Å². The number of aliphatic imine (C=N–C) groups is 1. The molecule has 0 unspecified atom stereocenters. The molecule has 0 spiro atoms. The summed E-state index contributed by atoms with van der Waals surface area (Å²) in [5, 5.41) is 0. The molecule has 0 aromatic heterocycles. The Morgan fingerprint density at radius 3 is 2.43 bits per heavy atom. The summed E-state index contributed by atoms with van der Waals surface area (Å²) < 4.78 is 0. The molecule has 0 saturated carbocycles. The van der Waals surface area contributed by atoms with Gasteiger partial charge in [-0.25, -0.2) is 5.84 Å². The Labute approximate surface area is 87.5 Å². The molecule has 4 nitrogen and oxygen atoms in total. The second-order valence-electron chi connectivity index (χ2n) is 3.28. The van der Waals surface area contributed by atoms with Crippen LogP contribution in [-0.2, 0) is 0 Å². The molecule has 0 aromatic carbocycles. The maximum atomic E-state index is 5.44. The molecule has 0 aliphatic rings. The first-order valence-electron chi connectivity index (χ1n) is 5.56. The van der Waals surface area contributed by atoms with E-state index in [1.165, 1.54) is 6.42 Å². The van der Waals surface area contributed by atoms with Gasteiger partial charge < -0.3 is 4.90 Å². The van der Waals surface area contributed by atoms with Crippen LogP contribution in [0.1, 0.15) is 40.0 Å². The summed E-state index contributed by atoms with van der Waals surface area (Å²) in [4.78, 5) is 6.59. The highest BCUT2D eigenvalue weighted by molar-refractivity contribution is 5.79. The van der Waals surface area contributed by atoms with E-state index < -0.39 is 0 Å². The molecule has 0 saturated heterocycles. The van der Waals surface area contributed by atoms with Gasteiger partial charge in [-0.05, 0) is 19.8 Å². The monoisotopic (exact) mass is 200 g/mol. The van der Waals surface area contributed by atoms with Crippen molar-refractivity contribution < 1.29 is 0 Å². The number of unbranched alkanes of at least 4 members (excludes halogenated alkanes) is 1. The van der Waals surface area contributed by atoms with E-state index >= 15 is 0 Å². The fourth-order valence-electron chi connectivity index (χ4n) is 1.26. The van der Waals surface area contributed by atoms with Gasteiger partial charge in [-0.3, -0.25) is 10.4 Å². The van der Waals surface area contributed by atoms with E-state index in [9.17, 15) is 0 Å². The first-order chi connectivity index (χ1) is 6.79. The van der Waals surface area contributed by atoms with Gasteiger partial charge in [0.05, 0.1) is 0 Å². The van der Waals surface area contributed by atoms with Crippen LogP contribution in [0.2, 0.25) is 0 Å². The van der Waals surface area contributed by atoms with Crippen LogP contribution in [-0.4, -0.2) is 30.5 Å². The average Bonchev–Trinajstić information content (AvgIpc) is 2.22. The van der Waals surface area contributed by atoms with Crippen LogP contribution in [0, 0.1) is 0 Å². The highest BCUT2D eigenvalue weighted by Gasteiger charge is 2.05. The summed E-state index contributed by atoms with van der Waals surface area (Å²) in [7, 11) is 0. The van der Waals surface area contributed by atoms with Gasteiger partial charge in [0, 0.05) is 19.6 Å². The molecule has 0 fully saturated rings. The molecule has 0 atom stereocenters. The van der Waals surface area contributed by atoms with Gasteiger partial charge in [0.1, 0.15) is 0 Å². The van der Waals surface area contributed by atoms with Gasteiger partial charge in [-0.1, -0.05) is 20.3 Å². The maximum Gasteiger partial charge on any atom is 0.208 e. The Morgan fingerprint density at radius 2 is 2.00 bits per heavy atom. The van der Waals surface area contributed by atoms with E-state index in [2.05, 4.69) is 36.1 Å². The highest BCUT2D eigenvalue weighted by atomic mass is 15.4. The lowest BCUT2D eigenvalue weighted by molar-refractivity contribution is 0.421. The Bertz CT molecular complexity index is 156. The minimum Gasteiger partial charge on any atom is -0.342 e. The van der Waals surface area contributed by atoms with E-state index in [0.29, 0.717) is 0 Å². The molecule has 0 radical (unpaired) electrons. The van der Waals surface area contributed by atoms with Gasteiger partial charge in [0.2, 0.25) is 5.96 Å². The molecule has 14 heavy (non-hydrogen) atoms. The fourth-order valence-corrected chi connectivity index (χ4v) is 1.26. The third kappa shape index (κ3) is 5.07. The molecule has 84 valence electrons. The number of hydrogen-bond donors (Lipinski definition) is 2. The quantitative estimate of drug-likeness (QED) is 0.224. The summed E-state index contributed by atoms with van der Waals surface area (Å²) in [6.07, 6.45) is 3.40. The van der Waals surface area contributed by atoms with Crippen LogP contribution in [0.4, 0.5) is 0 Å². The zero-order valence-electron chi connectivity index (χ0n) is 9.71. The van der Waals surface area contributed by atoms with E-state index in [-0.39, 0.29) is 0 Å². The van der Waals surface area contributed by atoms with Crippen molar-refractivity contribution in [3.05, 3.63) is 0 Å². The predicted molar refractivity (Wildman–Crippen MR) is 62.1 cm³/mol. The lowest BCUT2D eigenvalue weighted by Crippen LogP contribution is -2.45. The topological polar surface area (TPSA) is 53.6 Å². The number of guanidine groups is 1. The lowest BCUT2D eigenvalue weighted by Gasteiger charge is -2.23. The maximum absolute atomic E-state index is 5.44. The molecule has 4 heteroatoms. The van der Waals surface area contributed by atoms with Crippen molar-refractivity contribution in [2.75, 3.05) is 19.6 Å². The summed E-state index contributed by atoms with van der Waals surface area (Å²) >= 11 is 0. The minimum atomic E-state index is 0.822. The molecule has 0 heterocycles. The Kier molecular flexibility index (Phi) is 8.33. The van der Waals surface area contributed by atoms with Crippen molar-refractivity contribution >= 4 is 5.96 Å². The van der Waals surface area contributed by atoms with Crippen LogP contribution < -0.4 is 11.3 Å². The molecule has 0 bridgehead atoms.